The molecule has 0 saturated carbocycles. The quantitative estimate of drug-likeness (QED) is 0.621. The first-order valence-electron chi connectivity index (χ1n) is 7.91. The Morgan fingerprint density at radius 2 is 1.23 bits per heavy atom. The summed E-state index contributed by atoms with van der Waals surface area (Å²) in [7, 11) is 4.51. The third-order valence-corrected chi connectivity index (χ3v) is 4.29. The van der Waals surface area contributed by atoms with Crippen molar-refractivity contribution in [3.8, 4) is 33.9 Å². The average molecular weight is 361 g/mol. The monoisotopic (exact) mass is 361 g/mol. The molecule has 0 saturated heterocycles. The van der Waals surface area contributed by atoms with Gasteiger partial charge in [-0.05, 0) is 53.6 Å². The van der Waals surface area contributed by atoms with E-state index < -0.39 is 11.9 Å². The molecule has 0 atom stereocenters. The van der Waals surface area contributed by atoms with Gasteiger partial charge in [-0.15, -0.1) is 0 Å². The van der Waals surface area contributed by atoms with E-state index in [2.05, 4.69) is 0 Å². The first-order chi connectivity index (χ1) is 12.3. The molecular formula is C20H18F3NO2. The molecule has 2 aromatic carbocycles. The summed E-state index contributed by atoms with van der Waals surface area (Å²) in [6, 6.07) is 15.1. The molecule has 26 heavy (non-hydrogen) atoms. The molecule has 0 N–H and O–H groups in total. The molecule has 0 amide bonds. The van der Waals surface area contributed by atoms with Crippen molar-refractivity contribution in [2.75, 3.05) is 14.2 Å². The minimum atomic E-state index is -4.44. The largest absolute Gasteiger partial charge is 0.497 e. The first-order valence-corrected chi connectivity index (χ1v) is 7.91. The summed E-state index contributed by atoms with van der Waals surface area (Å²) in [5.41, 5.74) is 1.66. The van der Waals surface area contributed by atoms with Gasteiger partial charge in [0.2, 0.25) is 0 Å². The number of aromatic nitrogens is 1. The van der Waals surface area contributed by atoms with E-state index in [1.54, 1.807) is 62.8 Å². The molecule has 3 aromatic rings. The van der Waals surface area contributed by atoms with E-state index in [1.807, 2.05) is 0 Å². The molecule has 3 rings (SSSR count). The minimum Gasteiger partial charge on any atom is -0.497 e. The van der Waals surface area contributed by atoms with Crippen LogP contribution in [0.15, 0.2) is 54.6 Å². The van der Waals surface area contributed by atoms with Crippen LogP contribution in [-0.2, 0) is 13.2 Å². The number of benzene rings is 2. The lowest BCUT2D eigenvalue weighted by molar-refractivity contribution is -0.142. The van der Waals surface area contributed by atoms with Crippen molar-refractivity contribution in [3.63, 3.8) is 0 Å². The average Bonchev–Trinajstić information content (AvgIpc) is 2.99. The van der Waals surface area contributed by atoms with Crippen LogP contribution < -0.4 is 9.47 Å². The Morgan fingerprint density at radius 1 is 0.769 bits per heavy atom. The summed E-state index contributed by atoms with van der Waals surface area (Å²) in [6.45, 7) is 0. The molecule has 6 heteroatoms. The van der Waals surface area contributed by atoms with Crippen LogP contribution in [0.2, 0.25) is 0 Å². The van der Waals surface area contributed by atoms with Crippen molar-refractivity contribution < 1.29 is 22.6 Å². The number of rotatable bonds is 4. The highest BCUT2D eigenvalue weighted by atomic mass is 19.4. The Bertz CT molecular complexity index is 895. The zero-order valence-corrected chi connectivity index (χ0v) is 14.6. The summed E-state index contributed by atoms with van der Waals surface area (Å²) < 4.78 is 51.8. The van der Waals surface area contributed by atoms with E-state index in [0.29, 0.717) is 33.9 Å². The second kappa shape index (κ2) is 6.78. The van der Waals surface area contributed by atoms with Gasteiger partial charge in [0.05, 0.1) is 19.9 Å². The van der Waals surface area contributed by atoms with Crippen LogP contribution in [0.25, 0.3) is 22.4 Å². The van der Waals surface area contributed by atoms with E-state index in [1.165, 1.54) is 17.7 Å². The highest BCUT2D eigenvalue weighted by molar-refractivity contribution is 5.83. The second-order valence-corrected chi connectivity index (χ2v) is 5.81. The summed E-state index contributed by atoms with van der Waals surface area (Å²) in [5.74, 6) is 1.29. The van der Waals surface area contributed by atoms with Crippen molar-refractivity contribution in [2.24, 2.45) is 7.05 Å². The maximum Gasteiger partial charge on any atom is 0.431 e. The smallest absolute Gasteiger partial charge is 0.431 e. The SMILES string of the molecule is COc1ccc(-c2cc(C(F)(F)F)n(C)c2-c2ccc(OC)cc2)cc1. The summed E-state index contributed by atoms with van der Waals surface area (Å²) in [6.07, 6.45) is -4.44. The minimum absolute atomic E-state index is 0.491. The van der Waals surface area contributed by atoms with Crippen molar-refractivity contribution in [3.05, 3.63) is 60.3 Å². The molecule has 0 aliphatic rings. The molecule has 0 radical (unpaired) electrons. The maximum atomic E-state index is 13.5. The molecule has 0 aliphatic carbocycles. The van der Waals surface area contributed by atoms with Crippen molar-refractivity contribution in [1.29, 1.82) is 0 Å². The molecule has 1 heterocycles. The molecule has 0 bridgehead atoms. The van der Waals surface area contributed by atoms with Gasteiger partial charge in [0.1, 0.15) is 17.2 Å². The zero-order chi connectivity index (χ0) is 18.9. The molecule has 136 valence electrons. The van der Waals surface area contributed by atoms with Crippen LogP contribution in [0, 0.1) is 0 Å². The first kappa shape index (κ1) is 17.9. The fraction of sp³-hybridized carbons (Fsp3) is 0.200. The van der Waals surface area contributed by atoms with Crippen molar-refractivity contribution in [2.45, 2.75) is 6.18 Å². The third kappa shape index (κ3) is 3.27. The number of alkyl halides is 3. The van der Waals surface area contributed by atoms with Gasteiger partial charge in [0.25, 0.3) is 0 Å². The van der Waals surface area contributed by atoms with E-state index in [-0.39, 0.29) is 0 Å². The lowest BCUT2D eigenvalue weighted by Gasteiger charge is -2.12. The summed E-state index contributed by atoms with van der Waals surface area (Å²) in [5, 5.41) is 0. The van der Waals surface area contributed by atoms with Gasteiger partial charge in [0, 0.05) is 12.6 Å². The van der Waals surface area contributed by atoms with Crippen LogP contribution in [0.4, 0.5) is 13.2 Å². The van der Waals surface area contributed by atoms with E-state index in [0.717, 1.165) is 0 Å². The Morgan fingerprint density at radius 3 is 1.65 bits per heavy atom. The van der Waals surface area contributed by atoms with Crippen molar-refractivity contribution in [1.82, 2.24) is 4.57 Å². The fourth-order valence-corrected chi connectivity index (χ4v) is 2.96. The Hall–Kier alpha value is -2.89. The molecular weight excluding hydrogens is 343 g/mol. The Balaban J connectivity index is 2.20. The van der Waals surface area contributed by atoms with E-state index in [4.69, 9.17) is 9.47 Å². The number of halogens is 3. The van der Waals surface area contributed by atoms with E-state index >= 15 is 0 Å². The van der Waals surface area contributed by atoms with Gasteiger partial charge in [0.15, 0.2) is 0 Å². The van der Waals surface area contributed by atoms with Crippen LogP contribution in [0.1, 0.15) is 5.69 Å². The number of hydrogen-bond donors (Lipinski definition) is 0. The predicted octanol–water partition coefficient (Wildman–Crippen LogP) is 5.40. The summed E-state index contributed by atoms with van der Waals surface area (Å²) in [4.78, 5) is 0. The fourth-order valence-electron chi connectivity index (χ4n) is 2.96. The summed E-state index contributed by atoms with van der Waals surface area (Å²) >= 11 is 0. The lowest BCUT2D eigenvalue weighted by Crippen LogP contribution is -2.11. The normalized spacial score (nSPS) is 11.5. The lowest BCUT2D eigenvalue weighted by atomic mass is 10.0. The molecule has 0 fully saturated rings. The number of methoxy groups -OCH3 is 2. The van der Waals surface area contributed by atoms with Crippen LogP contribution in [-0.4, -0.2) is 18.8 Å². The van der Waals surface area contributed by atoms with E-state index in [9.17, 15) is 13.2 Å². The van der Waals surface area contributed by atoms with Gasteiger partial charge in [-0.1, -0.05) is 12.1 Å². The topological polar surface area (TPSA) is 23.4 Å². The van der Waals surface area contributed by atoms with Crippen LogP contribution >= 0.6 is 0 Å². The van der Waals surface area contributed by atoms with Gasteiger partial charge in [-0.3, -0.25) is 0 Å². The van der Waals surface area contributed by atoms with Crippen molar-refractivity contribution >= 4 is 0 Å². The van der Waals surface area contributed by atoms with Gasteiger partial charge in [-0.25, -0.2) is 0 Å². The van der Waals surface area contributed by atoms with Gasteiger partial charge >= 0.3 is 6.18 Å². The highest BCUT2D eigenvalue weighted by Crippen LogP contribution is 2.41. The Labute approximate surface area is 149 Å². The van der Waals surface area contributed by atoms with Crippen LogP contribution in [0.5, 0.6) is 11.5 Å². The second-order valence-electron chi connectivity index (χ2n) is 5.81. The van der Waals surface area contributed by atoms with Crippen LogP contribution in [0.3, 0.4) is 0 Å². The molecule has 3 nitrogen and oxygen atoms in total. The zero-order valence-electron chi connectivity index (χ0n) is 14.6. The molecule has 0 unspecified atom stereocenters. The predicted molar refractivity (Wildman–Crippen MR) is 94.4 cm³/mol. The highest BCUT2D eigenvalue weighted by Gasteiger charge is 2.36. The Kier molecular flexibility index (Phi) is 4.68. The number of hydrogen-bond acceptors (Lipinski definition) is 2. The molecule has 0 aliphatic heterocycles. The van der Waals surface area contributed by atoms with Gasteiger partial charge in [-0.2, -0.15) is 13.2 Å². The standard InChI is InChI=1S/C20H18F3NO2/c1-24-18(20(21,22)23)12-17(13-4-8-15(25-2)9-5-13)19(24)14-6-10-16(26-3)11-7-14/h4-12H,1-3H3. The maximum absolute atomic E-state index is 13.5. The van der Waals surface area contributed by atoms with Gasteiger partial charge < -0.3 is 14.0 Å². The third-order valence-electron chi connectivity index (χ3n) is 4.29. The number of ether oxygens (including phenoxy) is 2. The molecule has 1 aromatic heterocycles. The number of nitrogens with zero attached hydrogens (tertiary/aromatic N) is 1. The molecule has 0 spiro atoms.